The predicted molar refractivity (Wildman–Crippen MR) is 108 cm³/mol. The number of aromatic hydroxyl groups is 1. The summed E-state index contributed by atoms with van der Waals surface area (Å²) in [6, 6.07) is 7.25. The number of phenolic OH excluding ortho intramolecular Hbond substituents is 1. The van der Waals surface area contributed by atoms with Gasteiger partial charge in [-0.1, -0.05) is 11.6 Å². The second-order valence-electron chi connectivity index (χ2n) is 6.58. The number of aryl methyl sites for hydroxylation is 1. The smallest absolute Gasteiger partial charge is 0.339 e. The third-order valence-corrected chi connectivity index (χ3v) is 5.26. The molecule has 0 atom stereocenters. The molecule has 6 nitrogen and oxygen atoms in total. The van der Waals surface area contributed by atoms with Gasteiger partial charge in [0.2, 0.25) is 0 Å². The molecular weight excluding hydrogens is 382 g/mol. The van der Waals surface area contributed by atoms with E-state index in [1.54, 1.807) is 27.2 Å². The zero-order chi connectivity index (χ0) is 20.4. The first kappa shape index (κ1) is 20.0. The molecule has 2 aromatic carbocycles. The number of nitrogens with two attached hydrogens (primary N) is 1. The van der Waals surface area contributed by atoms with E-state index in [1.807, 2.05) is 30.4 Å². The van der Waals surface area contributed by atoms with Gasteiger partial charge in [0, 0.05) is 22.6 Å². The highest BCUT2D eigenvalue weighted by atomic mass is 35.5. The number of hydrogen-bond donors (Lipinski definition) is 2. The number of ether oxygens (including phenoxy) is 2. The number of phenols is 1. The van der Waals surface area contributed by atoms with Crippen molar-refractivity contribution in [2.45, 2.75) is 26.9 Å². The van der Waals surface area contributed by atoms with Crippen LogP contribution in [0, 0.1) is 13.8 Å². The summed E-state index contributed by atoms with van der Waals surface area (Å²) < 4.78 is 16.1. The normalized spacial score (nSPS) is 11.0. The number of rotatable bonds is 6. The average Bonchev–Trinajstić information content (AvgIpc) is 2.70. The minimum Gasteiger partial charge on any atom is -0.506 e. The van der Waals surface area contributed by atoms with E-state index in [2.05, 4.69) is 0 Å². The summed E-state index contributed by atoms with van der Waals surface area (Å²) in [4.78, 5) is 12.1. The Hall–Kier alpha value is -2.70. The van der Waals surface area contributed by atoms with Gasteiger partial charge in [0.25, 0.3) is 0 Å². The van der Waals surface area contributed by atoms with Crippen LogP contribution in [0.1, 0.15) is 22.3 Å². The minimum absolute atomic E-state index is 0.0708. The van der Waals surface area contributed by atoms with Crippen LogP contribution in [0.2, 0.25) is 5.02 Å². The summed E-state index contributed by atoms with van der Waals surface area (Å²) in [6.07, 6.45) is 0. The number of methoxy groups -OCH3 is 2. The predicted octanol–water partition coefficient (Wildman–Crippen LogP) is 3.05. The molecule has 0 saturated heterocycles. The van der Waals surface area contributed by atoms with Crippen molar-refractivity contribution >= 4 is 22.6 Å². The second-order valence-corrected chi connectivity index (χ2v) is 6.98. The summed E-state index contributed by atoms with van der Waals surface area (Å²) in [7, 11) is 3.21. The van der Waals surface area contributed by atoms with Crippen molar-refractivity contribution in [1.29, 1.82) is 0 Å². The van der Waals surface area contributed by atoms with E-state index in [1.165, 1.54) is 0 Å². The Kier molecular flexibility index (Phi) is 5.82. The maximum absolute atomic E-state index is 12.1. The molecule has 0 fully saturated rings. The highest BCUT2D eigenvalue weighted by molar-refractivity contribution is 6.33. The Bertz CT molecular complexity index is 1090. The molecule has 0 aliphatic rings. The fourth-order valence-electron chi connectivity index (χ4n) is 3.18. The molecule has 3 N–H and O–H groups in total. The number of quaternary nitrogens is 1. The molecule has 0 saturated carbocycles. The average molecular weight is 405 g/mol. The highest BCUT2D eigenvalue weighted by Crippen LogP contribution is 2.35. The van der Waals surface area contributed by atoms with Gasteiger partial charge in [-0.3, -0.25) is 0 Å². The molecule has 0 radical (unpaired) electrons. The van der Waals surface area contributed by atoms with Gasteiger partial charge in [0.15, 0.2) is 5.58 Å². The lowest BCUT2D eigenvalue weighted by Gasteiger charge is -2.13. The van der Waals surface area contributed by atoms with E-state index in [9.17, 15) is 9.90 Å². The Morgan fingerprint density at radius 2 is 1.86 bits per heavy atom. The number of halogens is 1. The third kappa shape index (κ3) is 3.66. The van der Waals surface area contributed by atoms with Gasteiger partial charge in [0.1, 0.15) is 30.3 Å². The summed E-state index contributed by atoms with van der Waals surface area (Å²) in [5.74, 6) is 1.36. The molecule has 1 aromatic heterocycles. The van der Waals surface area contributed by atoms with Crippen LogP contribution in [-0.4, -0.2) is 19.3 Å². The number of hydrogen-bond acceptors (Lipinski definition) is 5. The second kappa shape index (κ2) is 8.12. The fraction of sp³-hybridized carbons (Fsp3) is 0.286. The molecule has 1 heterocycles. The maximum atomic E-state index is 12.1. The minimum atomic E-state index is -0.412. The molecule has 0 spiro atoms. The van der Waals surface area contributed by atoms with Gasteiger partial charge in [0.05, 0.1) is 24.8 Å². The van der Waals surface area contributed by atoms with E-state index >= 15 is 0 Å². The molecule has 0 unspecified atom stereocenters. The summed E-state index contributed by atoms with van der Waals surface area (Å²) in [5, 5.41) is 13.4. The first-order valence-electron chi connectivity index (χ1n) is 8.84. The summed E-state index contributed by atoms with van der Waals surface area (Å²) in [5.41, 5.74) is 2.76. The lowest BCUT2D eigenvalue weighted by Crippen LogP contribution is -2.80. The molecule has 148 valence electrons. The van der Waals surface area contributed by atoms with Crippen LogP contribution in [0.15, 0.2) is 33.5 Å². The molecular formula is C21H23ClNO5+. The van der Waals surface area contributed by atoms with E-state index in [4.69, 9.17) is 25.5 Å². The molecule has 3 rings (SSSR count). The fourth-order valence-corrected chi connectivity index (χ4v) is 3.40. The first-order valence-corrected chi connectivity index (χ1v) is 9.22. The van der Waals surface area contributed by atoms with Crippen LogP contribution in [0.25, 0.3) is 11.0 Å². The molecule has 28 heavy (non-hydrogen) atoms. The van der Waals surface area contributed by atoms with Crippen LogP contribution in [0.4, 0.5) is 0 Å². The highest BCUT2D eigenvalue weighted by Gasteiger charge is 2.19. The van der Waals surface area contributed by atoms with Crippen LogP contribution >= 0.6 is 11.6 Å². The van der Waals surface area contributed by atoms with Crippen molar-refractivity contribution in [1.82, 2.24) is 0 Å². The van der Waals surface area contributed by atoms with Crippen molar-refractivity contribution in [3.63, 3.8) is 0 Å². The van der Waals surface area contributed by atoms with Gasteiger partial charge < -0.3 is 24.3 Å². The zero-order valence-corrected chi connectivity index (χ0v) is 17.0. The monoisotopic (exact) mass is 404 g/mol. The molecule has 0 amide bonds. The van der Waals surface area contributed by atoms with E-state index in [-0.39, 0.29) is 10.8 Å². The number of fused-ring (bicyclic) bond motifs is 1. The van der Waals surface area contributed by atoms with E-state index < -0.39 is 5.63 Å². The van der Waals surface area contributed by atoms with Crippen molar-refractivity contribution in [3.05, 3.63) is 62.0 Å². The van der Waals surface area contributed by atoms with Crippen LogP contribution in [-0.2, 0) is 13.1 Å². The Labute approximate surface area is 167 Å². The standard InChI is InChI=1S/C21H22ClNO5/c1-11-12(2)21(25)28-20-15(11)8-17(22)19(24)16(20)10-23-9-13-5-6-14(26-3)7-18(13)27-4/h5-8,23-24H,9-10H2,1-4H3/p+1. The van der Waals surface area contributed by atoms with Crippen molar-refractivity contribution in [3.8, 4) is 17.2 Å². The van der Waals surface area contributed by atoms with E-state index in [0.29, 0.717) is 41.3 Å². The van der Waals surface area contributed by atoms with Crippen molar-refractivity contribution in [2.75, 3.05) is 14.2 Å². The van der Waals surface area contributed by atoms with Crippen LogP contribution in [0.3, 0.4) is 0 Å². The molecule has 3 aromatic rings. The van der Waals surface area contributed by atoms with Crippen molar-refractivity contribution < 1.29 is 24.3 Å². The maximum Gasteiger partial charge on any atom is 0.339 e. The van der Waals surface area contributed by atoms with Crippen LogP contribution in [0.5, 0.6) is 17.2 Å². The molecule has 7 heteroatoms. The van der Waals surface area contributed by atoms with Gasteiger partial charge in [-0.2, -0.15) is 0 Å². The molecule has 0 aliphatic heterocycles. The Morgan fingerprint density at radius 3 is 2.54 bits per heavy atom. The number of benzene rings is 2. The summed E-state index contributed by atoms with van der Waals surface area (Å²) >= 11 is 6.22. The van der Waals surface area contributed by atoms with E-state index in [0.717, 1.165) is 16.5 Å². The Balaban J connectivity index is 1.93. The van der Waals surface area contributed by atoms with Crippen LogP contribution < -0.4 is 20.4 Å². The van der Waals surface area contributed by atoms with Gasteiger partial charge >= 0.3 is 5.63 Å². The molecule has 0 bridgehead atoms. The Morgan fingerprint density at radius 1 is 1.11 bits per heavy atom. The topological polar surface area (TPSA) is 85.5 Å². The van der Waals surface area contributed by atoms with Crippen molar-refractivity contribution in [2.24, 2.45) is 0 Å². The third-order valence-electron chi connectivity index (χ3n) is 4.98. The molecule has 0 aliphatic carbocycles. The lowest BCUT2D eigenvalue weighted by atomic mass is 10.0. The lowest BCUT2D eigenvalue weighted by molar-refractivity contribution is -0.686. The SMILES string of the molecule is COc1ccc(C[NH2+]Cc2c(O)c(Cl)cc3c(C)c(C)c(=O)oc23)c(OC)c1. The van der Waals surface area contributed by atoms with Gasteiger partial charge in [-0.15, -0.1) is 0 Å². The zero-order valence-electron chi connectivity index (χ0n) is 16.3. The largest absolute Gasteiger partial charge is 0.506 e. The quantitative estimate of drug-likeness (QED) is 0.617. The summed E-state index contributed by atoms with van der Waals surface area (Å²) in [6.45, 7) is 4.53. The van der Waals surface area contributed by atoms with Gasteiger partial charge in [-0.25, -0.2) is 4.79 Å². The first-order chi connectivity index (χ1) is 13.4. The van der Waals surface area contributed by atoms with Gasteiger partial charge in [-0.05, 0) is 37.6 Å².